The molecule has 0 aliphatic rings. The van der Waals surface area contributed by atoms with Gasteiger partial charge < -0.3 is 10.4 Å². The second kappa shape index (κ2) is 4.93. The summed E-state index contributed by atoms with van der Waals surface area (Å²) in [5.74, 6) is -1.09. The van der Waals surface area contributed by atoms with Gasteiger partial charge in [-0.25, -0.2) is 4.79 Å². The van der Waals surface area contributed by atoms with Gasteiger partial charge in [-0.3, -0.25) is 4.79 Å². The molecule has 0 aliphatic carbocycles. The number of aryl methyl sites for hydroxylation is 1. The maximum atomic E-state index is 10.9. The summed E-state index contributed by atoms with van der Waals surface area (Å²) in [6.07, 6.45) is 0.380. The van der Waals surface area contributed by atoms with Crippen LogP contribution in [0.5, 0.6) is 0 Å². The van der Waals surface area contributed by atoms with Crippen molar-refractivity contribution in [2.45, 2.75) is 13.0 Å². The van der Waals surface area contributed by atoms with Crippen LogP contribution in [-0.4, -0.2) is 17.5 Å². The number of hydrogen-bond donors (Lipinski definition) is 2. The summed E-state index contributed by atoms with van der Waals surface area (Å²) < 4.78 is 0.671. The fraction of sp³-hybridized carbons (Fsp3) is 0.200. The molecule has 5 heteroatoms. The summed E-state index contributed by atoms with van der Waals surface area (Å²) in [6.45, 7) is 1.90. The lowest BCUT2D eigenvalue weighted by molar-refractivity contribution is -0.140. The van der Waals surface area contributed by atoms with Crippen LogP contribution >= 0.6 is 15.9 Å². The Morgan fingerprint density at radius 2 is 2.27 bits per heavy atom. The van der Waals surface area contributed by atoms with Crippen molar-refractivity contribution in [2.75, 3.05) is 0 Å². The second-order valence-electron chi connectivity index (χ2n) is 3.08. The Morgan fingerprint density at radius 1 is 1.60 bits per heavy atom. The largest absolute Gasteiger partial charge is 0.479 e. The molecule has 0 saturated heterocycles. The van der Waals surface area contributed by atoms with E-state index in [1.807, 2.05) is 6.92 Å². The maximum Gasteiger partial charge on any atom is 0.330 e. The fourth-order valence-corrected chi connectivity index (χ4v) is 1.95. The molecule has 1 atom stereocenters. The first-order valence-electron chi connectivity index (χ1n) is 4.25. The molecule has 2 N–H and O–H groups in total. The molecule has 0 fully saturated rings. The third-order valence-electron chi connectivity index (χ3n) is 1.95. The van der Waals surface area contributed by atoms with Crippen molar-refractivity contribution in [3.05, 3.63) is 33.8 Å². The Labute approximate surface area is 95.4 Å². The highest BCUT2D eigenvalue weighted by Crippen LogP contribution is 2.24. The van der Waals surface area contributed by atoms with Gasteiger partial charge in [0.25, 0.3) is 0 Å². The van der Waals surface area contributed by atoms with E-state index in [1.54, 1.807) is 18.2 Å². The predicted octanol–water partition coefficient (Wildman–Crippen LogP) is 1.63. The van der Waals surface area contributed by atoms with Gasteiger partial charge in [0.15, 0.2) is 6.04 Å². The summed E-state index contributed by atoms with van der Waals surface area (Å²) in [6, 6.07) is 4.26. The monoisotopic (exact) mass is 271 g/mol. The third-order valence-corrected chi connectivity index (χ3v) is 2.64. The Hall–Kier alpha value is -1.36. The Balaban J connectivity index is 3.10. The first-order chi connectivity index (χ1) is 7.06. The second-order valence-corrected chi connectivity index (χ2v) is 3.94. The maximum absolute atomic E-state index is 10.9. The van der Waals surface area contributed by atoms with E-state index in [1.165, 1.54) is 0 Å². The zero-order valence-electron chi connectivity index (χ0n) is 8.03. The number of carbonyl (C=O) groups is 2. The lowest BCUT2D eigenvalue weighted by Crippen LogP contribution is -2.27. The van der Waals surface area contributed by atoms with E-state index >= 15 is 0 Å². The van der Waals surface area contributed by atoms with E-state index in [0.29, 0.717) is 16.4 Å². The van der Waals surface area contributed by atoms with Gasteiger partial charge in [0, 0.05) is 4.47 Å². The minimum atomic E-state index is -1.09. The van der Waals surface area contributed by atoms with Crippen LogP contribution in [0, 0.1) is 6.92 Å². The molecular formula is C10H10BrNO3. The first kappa shape index (κ1) is 11.7. The molecule has 1 amide bonds. The molecule has 4 nitrogen and oxygen atoms in total. The molecule has 0 aliphatic heterocycles. The van der Waals surface area contributed by atoms with Crippen molar-refractivity contribution >= 4 is 28.3 Å². The lowest BCUT2D eigenvalue weighted by atomic mass is 10.1. The number of benzene rings is 1. The lowest BCUT2D eigenvalue weighted by Gasteiger charge is -2.13. The summed E-state index contributed by atoms with van der Waals surface area (Å²) in [5.41, 5.74) is 1.54. The molecule has 1 aromatic carbocycles. The van der Waals surface area contributed by atoms with Gasteiger partial charge in [-0.1, -0.05) is 28.1 Å². The normalized spacial score (nSPS) is 11.9. The summed E-state index contributed by atoms with van der Waals surface area (Å²) in [5, 5.41) is 11.2. The third kappa shape index (κ3) is 2.79. The molecule has 0 spiro atoms. The van der Waals surface area contributed by atoms with Crippen molar-refractivity contribution in [1.29, 1.82) is 0 Å². The van der Waals surface area contributed by atoms with Crippen LogP contribution in [0.1, 0.15) is 17.2 Å². The molecule has 0 heterocycles. The molecular weight excluding hydrogens is 262 g/mol. The van der Waals surface area contributed by atoms with Crippen molar-refractivity contribution in [2.24, 2.45) is 0 Å². The van der Waals surface area contributed by atoms with Crippen molar-refractivity contribution in [3.63, 3.8) is 0 Å². The van der Waals surface area contributed by atoms with Crippen LogP contribution in [0.2, 0.25) is 0 Å². The van der Waals surface area contributed by atoms with Crippen LogP contribution < -0.4 is 5.32 Å². The number of rotatable bonds is 4. The highest BCUT2D eigenvalue weighted by molar-refractivity contribution is 9.10. The Morgan fingerprint density at radius 3 is 2.73 bits per heavy atom. The average Bonchev–Trinajstić information content (AvgIpc) is 2.15. The van der Waals surface area contributed by atoms with Crippen LogP contribution in [0.15, 0.2) is 22.7 Å². The molecule has 1 aromatic rings. The van der Waals surface area contributed by atoms with Gasteiger partial charge in [-0.05, 0) is 24.1 Å². The van der Waals surface area contributed by atoms with Gasteiger partial charge >= 0.3 is 5.97 Å². The fourth-order valence-electron chi connectivity index (χ4n) is 1.23. The minimum Gasteiger partial charge on any atom is -0.479 e. The van der Waals surface area contributed by atoms with Crippen LogP contribution in [0.3, 0.4) is 0 Å². The van der Waals surface area contributed by atoms with Crippen molar-refractivity contribution < 1.29 is 14.7 Å². The average molecular weight is 272 g/mol. The van der Waals surface area contributed by atoms with E-state index in [9.17, 15) is 9.59 Å². The summed E-state index contributed by atoms with van der Waals surface area (Å²) in [4.78, 5) is 21.2. The standard InChI is InChI=1S/C10H10BrNO3/c1-6-2-3-7(8(11)4-6)9(10(14)15)12-5-13/h2-5,9H,1H3,(H,12,13)(H,14,15). The molecule has 15 heavy (non-hydrogen) atoms. The number of aliphatic carboxylic acids is 1. The van der Waals surface area contributed by atoms with E-state index in [-0.39, 0.29) is 0 Å². The van der Waals surface area contributed by atoms with Crippen LogP contribution in [0.4, 0.5) is 0 Å². The highest BCUT2D eigenvalue weighted by Gasteiger charge is 2.20. The summed E-state index contributed by atoms with van der Waals surface area (Å²) in [7, 11) is 0. The quantitative estimate of drug-likeness (QED) is 0.818. The number of carboxylic acid groups (broad SMARTS) is 1. The molecule has 0 bridgehead atoms. The van der Waals surface area contributed by atoms with E-state index < -0.39 is 12.0 Å². The minimum absolute atomic E-state index is 0.380. The zero-order chi connectivity index (χ0) is 11.4. The SMILES string of the molecule is Cc1ccc(C(NC=O)C(=O)O)c(Br)c1. The van der Waals surface area contributed by atoms with Gasteiger partial charge in [0.2, 0.25) is 6.41 Å². The zero-order valence-corrected chi connectivity index (χ0v) is 9.61. The number of amides is 1. The number of hydrogen-bond acceptors (Lipinski definition) is 2. The van der Waals surface area contributed by atoms with Crippen molar-refractivity contribution in [3.8, 4) is 0 Å². The van der Waals surface area contributed by atoms with Gasteiger partial charge in [-0.2, -0.15) is 0 Å². The number of halogens is 1. The van der Waals surface area contributed by atoms with Crippen LogP contribution in [0.25, 0.3) is 0 Å². The smallest absolute Gasteiger partial charge is 0.330 e. The summed E-state index contributed by atoms with van der Waals surface area (Å²) >= 11 is 3.27. The van der Waals surface area contributed by atoms with Gasteiger partial charge in [0.05, 0.1) is 0 Å². The molecule has 80 valence electrons. The van der Waals surface area contributed by atoms with Crippen LogP contribution in [-0.2, 0) is 9.59 Å². The molecule has 0 aromatic heterocycles. The first-order valence-corrected chi connectivity index (χ1v) is 5.04. The molecule has 0 radical (unpaired) electrons. The molecule has 1 unspecified atom stereocenters. The van der Waals surface area contributed by atoms with Gasteiger partial charge in [-0.15, -0.1) is 0 Å². The Kier molecular flexibility index (Phi) is 3.85. The number of carboxylic acids is 1. The van der Waals surface area contributed by atoms with E-state index in [4.69, 9.17) is 5.11 Å². The van der Waals surface area contributed by atoms with E-state index in [2.05, 4.69) is 21.2 Å². The molecule has 1 rings (SSSR count). The molecule has 0 saturated carbocycles. The highest BCUT2D eigenvalue weighted by atomic mass is 79.9. The Bertz CT molecular complexity index is 392. The van der Waals surface area contributed by atoms with Gasteiger partial charge in [0.1, 0.15) is 0 Å². The van der Waals surface area contributed by atoms with Crippen molar-refractivity contribution in [1.82, 2.24) is 5.32 Å². The number of carbonyl (C=O) groups excluding carboxylic acids is 1. The predicted molar refractivity (Wildman–Crippen MR) is 58.5 cm³/mol. The van der Waals surface area contributed by atoms with E-state index in [0.717, 1.165) is 5.56 Å². The topological polar surface area (TPSA) is 66.4 Å². The number of nitrogens with one attached hydrogen (secondary N) is 1.